The highest BCUT2D eigenvalue weighted by Crippen LogP contribution is 2.50. The summed E-state index contributed by atoms with van der Waals surface area (Å²) in [5, 5.41) is 27.2. The van der Waals surface area contributed by atoms with Crippen LogP contribution >= 0.6 is 0 Å². The van der Waals surface area contributed by atoms with Crippen LogP contribution in [-0.4, -0.2) is 38.9 Å². The van der Waals surface area contributed by atoms with Crippen molar-refractivity contribution in [2.75, 3.05) is 6.61 Å². The maximum Gasteiger partial charge on any atom is 0.409 e. The third-order valence-corrected chi connectivity index (χ3v) is 2.75. The summed E-state index contributed by atoms with van der Waals surface area (Å²) < 4.78 is 0. The summed E-state index contributed by atoms with van der Waals surface area (Å²) in [6.07, 6.45) is -0.691. The molecule has 2 atom stereocenters. The van der Waals surface area contributed by atoms with Gasteiger partial charge in [0.05, 0.1) is 6.07 Å². The second-order valence-corrected chi connectivity index (χ2v) is 4.91. The van der Waals surface area contributed by atoms with Crippen molar-refractivity contribution >= 4 is 6.09 Å². The standard InChI is InChI=1S/C10H16N2O3/c1-9(2,3)12(8(14)15)10(6-11)4-7(10)5-13/h7,13H,4-5H2,1-3H3,(H,14,15). The zero-order valence-corrected chi connectivity index (χ0v) is 9.19. The first-order valence-electron chi connectivity index (χ1n) is 4.85. The van der Waals surface area contributed by atoms with E-state index in [1.807, 2.05) is 6.07 Å². The summed E-state index contributed by atoms with van der Waals surface area (Å²) >= 11 is 0. The minimum absolute atomic E-state index is 0.145. The molecule has 0 aromatic heterocycles. The summed E-state index contributed by atoms with van der Waals surface area (Å²) in [6.45, 7) is 5.08. The van der Waals surface area contributed by atoms with E-state index in [2.05, 4.69) is 0 Å². The molecular weight excluding hydrogens is 196 g/mol. The molecule has 1 rings (SSSR count). The Balaban J connectivity index is 3.02. The van der Waals surface area contributed by atoms with E-state index in [1.165, 1.54) is 0 Å². The topological polar surface area (TPSA) is 84.6 Å². The smallest absolute Gasteiger partial charge is 0.409 e. The summed E-state index contributed by atoms with van der Waals surface area (Å²) in [4.78, 5) is 12.3. The first-order chi connectivity index (χ1) is 6.79. The Morgan fingerprint density at radius 2 is 2.20 bits per heavy atom. The van der Waals surface area contributed by atoms with Gasteiger partial charge in [0, 0.05) is 18.1 Å². The van der Waals surface area contributed by atoms with Crippen molar-refractivity contribution < 1.29 is 15.0 Å². The molecular formula is C10H16N2O3. The van der Waals surface area contributed by atoms with Crippen molar-refractivity contribution in [3.8, 4) is 6.07 Å². The van der Waals surface area contributed by atoms with Crippen LogP contribution in [0.4, 0.5) is 4.79 Å². The average molecular weight is 212 g/mol. The Kier molecular flexibility index (Phi) is 2.66. The van der Waals surface area contributed by atoms with Gasteiger partial charge in [-0.3, -0.25) is 4.90 Å². The van der Waals surface area contributed by atoms with Gasteiger partial charge >= 0.3 is 6.09 Å². The Labute approximate surface area is 88.9 Å². The maximum atomic E-state index is 11.1. The molecule has 0 spiro atoms. The number of aliphatic hydroxyl groups is 1. The fraction of sp³-hybridized carbons (Fsp3) is 0.800. The summed E-state index contributed by atoms with van der Waals surface area (Å²) in [5.74, 6) is -0.252. The first-order valence-corrected chi connectivity index (χ1v) is 4.85. The molecule has 0 bridgehead atoms. The molecule has 1 amide bonds. The molecule has 1 saturated carbocycles. The van der Waals surface area contributed by atoms with Gasteiger partial charge in [-0.2, -0.15) is 5.26 Å². The molecule has 5 nitrogen and oxygen atoms in total. The van der Waals surface area contributed by atoms with Crippen LogP contribution in [0, 0.1) is 17.2 Å². The number of carbonyl (C=O) groups is 1. The largest absolute Gasteiger partial charge is 0.465 e. The lowest BCUT2D eigenvalue weighted by Gasteiger charge is -2.37. The van der Waals surface area contributed by atoms with Crippen LogP contribution in [0.5, 0.6) is 0 Å². The number of hydrogen-bond acceptors (Lipinski definition) is 3. The fourth-order valence-corrected chi connectivity index (χ4v) is 2.05. The van der Waals surface area contributed by atoms with Gasteiger partial charge in [-0.25, -0.2) is 4.79 Å². The number of aliphatic hydroxyl groups excluding tert-OH is 1. The Bertz CT molecular complexity index is 316. The highest BCUT2D eigenvalue weighted by atomic mass is 16.4. The molecule has 0 heterocycles. The van der Waals surface area contributed by atoms with Gasteiger partial charge in [0.25, 0.3) is 0 Å². The first kappa shape index (κ1) is 11.8. The van der Waals surface area contributed by atoms with Crippen molar-refractivity contribution in [1.82, 2.24) is 4.90 Å². The van der Waals surface area contributed by atoms with E-state index in [9.17, 15) is 4.79 Å². The lowest BCUT2D eigenvalue weighted by molar-refractivity contribution is 0.0689. The van der Waals surface area contributed by atoms with E-state index >= 15 is 0 Å². The van der Waals surface area contributed by atoms with Gasteiger partial charge in [0.15, 0.2) is 0 Å². The highest BCUT2D eigenvalue weighted by molar-refractivity contribution is 5.69. The molecule has 15 heavy (non-hydrogen) atoms. The van der Waals surface area contributed by atoms with Crippen LogP contribution in [0.2, 0.25) is 0 Å². The van der Waals surface area contributed by atoms with Crippen LogP contribution in [-0.2, 0) is 0 Å². The van der Waals surface area contributed by atoms with Gasteiger partial charge in [-0.15, -0.1) is 0 Å². The molecule has 0 radical (unpaired) electrons. The quantitative estimate of drug-likeness (QED) is 0.716. The molecule has 1 aliphatic carbocycles. The molecule has 84 valence electrons. The molecule has 5 heteroatoms. The molecule has 2 N–H and O–H groups in total. The van der Waals surface area contributed by atoms with Crippen LogP contribution in [0.3, 0.4) is 0 Å². The highest BCUT2D eigenvalue weighted by Gasteiger charge is 2.63. The third kappa shape index (κ3) is 1.77. The zero-order chi connectivity index (χ0) is 11.9. The number of nitriles is 1. The number of carboxylic acid groups (broad SMARTS) is 1. The Hall–Kier alpha value is -1.28. The van der Waals surface area contributed by atoms with Crippen LogP contribution in [0.15, 0.2) is 0 Å². The predicted molar refractivity (Wildman–Crippen MR) is 53.2 cm³/mol. The normalized spacial score (nSPS) is 29.4. The van der Waals surface area contributed by atoms with Crippen molar-refractivity contribution in [2.24, 2.45) is 5.92 Å². The molecule has 0 aliphatic heterocycles. The molecule has 1 aliphatic rings. The second kappa shape index (κ2) is 3.38. The lowest BCUT2D eigenvalue weighted by atomic mass is 10.0. The Morgan fingerprint density at radius 3 is 2.40 bits per heavy atom. The average Bonchev–Trinajstić information content (AvgIpc) is 2.76. The summed E-state index contributed by atoms with van der Waals surface area (Å²) in [5.41, 5.74) is -1.66. The van der Waals surface area contributed by atoms with E-state index in [1.54, 1.807) is 20.8 Å². The molecule has 0 aromatic rings. The molecule has 0 saturated heterocycles. The van der Waals surface area contributed by atoms with Crippen LogP contribution in [0.25, 0.3) is 0 Å². The Morgan fingerprint density at radius 1 is 1.67 bits per heavy atom. The fourth-order valence-electron chi connectivity index (χ4n) is 2.05. The lowest BCUT2D eigenvalue weighted by Crippen LogP contribution is -2.53. The monoisotopic (exact) mass is 212 g/mol. The summed E-state index contributed by atoms with van der Waals surface area (Å²) in [7, 11) is 0. The van der Waals surface area contributed by atoms with Gasteiger partial charge in [-0.1, -0.05) is 0 Å². The minimum Gasteiger partial charge on any atom is -0.465 e. The second-order valence-electron chi connectivity index (χ2n) is 4.91. The van der Waals surface area contributed by atoms with E-state index in [4.69, 9.17) is 15.5 Å². The van der Waals surface area contributed by atoms with E-state index < -0.39 is 17.2 Å². The minimum atomic E-state index is -1.11. The third-order valence-electron chi connectivity index (χ3n) is 2.75. The van der Waals surface area contributed by atoms with E-state index in [0.29, 0.717) is 6.42 Å². The van der Waals surface area contributed by atoms with Crippen molar-refractivity contribution in [2.45, 2.75) is 38.3 Å². The number of rotatable bonds is 2. The maximum absolute atomic E-state index is 11.1. The molecule has 1 fully saturated rings. The number of amides is 1. The molecule has 0 aromatic carbocycles. The van der Waals surface area contributed by atoms with E-state index in [-0.39, 0.29) is 12.5 Å². The number of hydrogen-bond donors (Lipinski definition) is 2. The summed E-state index contributed by atoms with van der Waals surface area (Å²) in [6, 6.07) is 2.03. The van der Waals surface area contributed by atoms with Gasteiger partial charge < -0.3 is 10.2 Å². The van der Waals surface area contributed by atoms with Gasteiger partial charge in [-0.05, 0) is 27.2 Å². The van der Waals surface area contributed by atoms with Crippen molar-refractivity contribution in [3.63, 3.8) is 0 Å². The van der Waals surface area contributed by atoms with Gasteiger partial charge in [0.2, 0.25) is 0 Å². The van der Waals surface area contributed by atoms with E-state index in [0.717, 1.165) is 4.90 Å². The molecule has 2 unspecified atom stereocenters. The van der Waals surface area contributed by atoms with Gasteiger partial charge in [0.1, 0.15) is 5.54 Å². The zero-order valence-electron chi connectivity index (χ0n) is 9.19. The number of nitrogens with zero attached hydrogens (tertiary/aromatic N) is 2. The van der Waals surface area contributed by atoms with Crippen LogP contribution in [0.1, 0.15) is 27.2 Å². The van der Waals surface area contributed by atoms with Crippen LogP contribution < -0.4 is 0 Å². The predicted octanol–water partition coefficient (Wildman–Crippen LogP) is 1.04. The SMILES string of the molecule is CC(C)(C)N(C(=O)O)C1(C#N)CC1CO. The van der Waals surface area contributed by atoms with Crippen molar-refractivity contribution in [3.05, 3.63) is 0 Å². The van der Waals surface area contributed by atoms with Crippen molar-refractivity contribution in [1.29, 1.82) is 5.26 Å².